The van der Waals surface area contributed by atoms with Crippen molar-refractivity contribution in [3.05, 3.63) is 132 Å². The fraction of sp³-hybridized carbons (Fsp3) is 0.267. The van der Waals surface area contributed by atoms with Crippen LogP contribution in [0, 0.1) is 0 Å². The number of aromatic nitrogens is 2. The summed E-state index contributed by atoms with van der Waals surface area (Å²) in [5, 5.41) is 0. The van der Waals surface area contributed by atoms with E-state index in [9.17, 15) is 0 Å². The molecule has 0 amide bonds. The van der Waals surface area contributed by atoms with Crippen LogP contribution in [0.25, 0.3) is 22.8 Å². The second-order valence-electron chi connectivity index (χ2n) is 14.8. The topological polar surface area (TPSA) is 30.5 Å². The fourth-order valence-corrected chi connectivity index (χ4v) is 7.76. The second kappa shape index (κ2) is 12.2. The number of rotatable bonds is 7. The van der Waals surface area contributed by atoms with E-state index in [1.54, 1.807) is 0 Å². The largest absolute Gasteiger partial charge is 0.453 e. The number of anilines is 3. The quantitative estimate of drug-likeness (QED) is 0.159. The van der Waals surface area contributed by atoms with E-state index in [2.05, 4.69) is 155 Å². The average Bonchev–Trinajstić information content (AvgIpc) is 3.55. The highest BCUT2D eigenvalue weighted by Crippen LogP contribution is 2.60. The summed E-state index contributed by atoms with van der Waals surface area (Å²) in [5.74, 6) is 5.58. The third-order valence-electron chi connectivity index (χ3n) is 10.2. The summed E-state index contributed by atoms with van der Waals surface area (Å²) in [6.07, 6.45) is 4.51. The lowest BCUT2D eigenvalue weighted by molar-refractivity contribution is -0.584. The van der Waals surface area contributed by atoms with Gasteiger partial charge in [0.25, 0.3) is 5.82 Å². The van der Waals surface area contributed by atoms with Gasteiger partial charge in [0, 0.05) is 22.3 Å². The SMILES string of the molecule is CC(C)c1cccc(C(C)C)c1-n1cc[n+](-c2c(C(C)C)cccc2C(C)C)c1-c1cc2c3c(c1)Oc1ccccc1N3c1ccccc1O2. The van der Waals surface area contributed by atoms with E-state index in [1.165, 1.54) is 33.6 Å². The number of para-hydroxylation sites is 6. The monoisotopic (exact) mass is 660 g/mol. The van der Waals surface area contributed by atoms with Crippen LogP contribution in [0.2, 0.25) is 0 Å². The number of hydrogen-bond acceptors (Lipinski definition) is 3. The Kier molecular flexibility index (Phi) is 7.82. The molecule has 2 aliphatic heterocycles. The van der Waals surface area contributed by atoms with Gasteiger partial charge in [-0.25, -0.2) is 0 Å². The highest BCUT2D eigenvalue weighted by atomic mass is 16.5. The molecule has 5 nitrogen and oxygen atoms in total. The van der Waals surface area contributed by atoms with E-state index < -0.39 is 0 Å². The lowest BCUT2D eigenvalue weighted by Crippen LogP contribution is -2.35. The molecule has 1 aromatic heterocycles. The van der Waals surface area contributed by atoms with E-state index in [0.717, 1.165) is 51.4 Å². The van der Waals surface area contributed by atoms with Gasteiger partial charge < -0.3 is 9.47 Å². The molecular weight excluding hydrogens is 615 g/mol. The number of fused-ring (bicyclic) bond motifs is 4. The van der Waals surface area contributed by atoms with Crippen LogP contribution < -0.4 is 18.9 Å². The smallest absolute Gasteiger partial charge is 0.299 e. The Morgan fingerprint density at radius 3 is 1.44 bits per heavy atom. The number of ether oxygens (including phenoxy) is 2. The zero-order valence-electron chi connectivity index (χ0n) is 30.4. The predicted octanol–water partition coefficient (Wildman–Crippen LogP) is 12.6. The first-order valence-corrected chi connectivity index (χ1v) is 18.1. The third-order valence-corrected chi connectivity index (χ3v) is 10.2. The molecule has 50 heavy (non-hydrogen) atoms. The molecule has 0 unspecified atom stereocenters. The zero-order chi connectivity index (χ0) is 34.8. The fourth-order valence-electron chi connectivity index (χ4n) is 7.76. The first-order valence-electron chi connectivity index (χ1n) is 18.1. The Morgan fingerprint density at radius 1 is 0.500 bits per heavy atom. The van der Waals surface area contributed by atoms with Crippen molar-refractivity contribution < 1.29 is 14.0 Å². The molecule has 0 bridgehead atoms. The molecule has 5 heteroatoms. The number of benzene rings is 5. The molecule has 0 saturated carbocycles. The van der Waals surface area contributed by atoms with Gasteiger partial charge in [0.1, 0.15) is 29.5 Å². The van der Waals surface area contributed by atoms with Crippen molar-refractivity contribution >= 4 is 17.1 Å². The maximum absolute atomic E-state index is 6.78. The summed E-state index contributed by atoms with van der Waals surface area (Å²) in [6.45, 7) is 18.3. The molecule has 0 spiro atoms. The zero-order valence-corrected chi connectivity index (χ0v) is 30.4. The Morgan fingerprint density at radius 2 is 0.960 bits per heavy atom. The van der Waals surface area contributed by atoms with Crippen LogP contribution in [0.3, 0.4) is 0 Å². The second-order valence-corrected chi connectivity index (χ2v) is 14.8. The Balaban J connectivity index is 1.47. The molecule has 5 aromatic carbocycles. The number of imidazole rings is 1. The van der Waals surface area contributed by atoms with E-state index in [-0.39, 0.29) is 0 Å². The van der Waals surface area contributed by atoms with Crippen LogP contribution in [0.1, 0.15) is 101 Å². The number of hydrogen-bond donors (Lipinski definition) is 0. The summed E-state index contributed by atoms with van der Waals surface area (Å²) < 4.78 is 18.4. The molecule has 0 saturated heterocycles. The summed E-state index contributed by atoms with van der Waals surface area (Å²) in [6, 6.07) is 34.5. The van der Waals surface area contributed by atoms with Crippen molar-refractivity contribution in [1.82, 2.24) is 4.57 Å². The van der Waals surface area contributed by atoms with Crippen LogP contribution in [0.5, 0.6) is 23.0 Å². The van der Waals surface area contributed by atoms with E-state index in [0.29, 0.717) is 23.7 Å². The molecule has 0 radical (unpaired) electrons. The van der Waals surface area contributed by atoms with Crippen LogP contribution in [0.15, 0.2) is 109 Å². The van der Waals surface area contributed by atoms with Crippen molar-refractivity contribution in [2.24, 2.45) is 0 Å². The number of nitrogens with zero attached hydrogens (tertiary/aromatic N) is 3. The lowest BCUT2D eigenvalue weighted by atomic mass is 9.92. The minimum atomic E-state index is 0.333. The molecule has 6 aromatic rings. The predicted molar refractivity (Wildman–Crippen MR) is 204 cm³/mol. The maximum Gasteiger partial charge on any atom is 0.299 e. The highest BCUT2D eigenvalue weighted by molar-refractivity contribution is 5.94. The van der Waals surface area contributed by atoms with Crippen LogP contribution in [-0.2, 0) is 0 Å². The van der Waals surface area contributed by atoms with E-state index in [1.807, 2.05) is 24.3 Å². The average molecular weight is 661 g/mol. The molecule has 3 heterocycles. The van der Waals surface area contributed by atoms with Crippen molar-refractivity contribution in [3.8, 4) is 45.8 Å². The van der Waals surface area contributed by atoms with Gasteiger partial charge in [-0.15, -0.1) is 0 Å². The van der Waals surface area contributed by atoms with Crippen LogP contribution in [0.4, 0.5) is 17.1 Å². The summed E-state index contributed by atoms with van der Waals surface area (Å²) in [4.78, 5) is 2.29. The van der Waals surface area contributed by atoms with Gasteiger partial charge in [0.15, 0.2) is 23.0 Å². The van der Waals surface area contributed by atoms with Crippen molar-refractivity contribution in [2.75, 3.05) is 4.90 Å². The minimum Gasteiger partial charge on any atom is -0.453 e. The van der Waals surface area contributed by atoms with Crippen LogP contribution >= 0.6 is 0 Å². The molecular formula is C45H46N3O2+. The molecule has 2 aliphatic rings. The van der Waals surface area contributed by atoms with Gasteiger partial charge in [-0.05, 0) is 60.1 Å². The summed E-state index contributed by atoms with van der Waals surface area (Å²) in [5.41, 5.74) is 11.7. The van der Waals surface area contributed by atoms with Crippen molar-refractivity contribution in [1.29, 1.82) is 0 Å². The Hall–Kier alpha value is -5.29. The third kappa shape index (κ3) is 5.02. The first kappa shape index (κ1) is 31.9. The van der Waals surface area contributed by atoms with E-state index in [4.69, 9.17) is 9.47 Å². The summed E-state index contributed by atoms with van der Waals surface area (Å²) in [7, 11) is 0. The van der Waals surface area contributed by atoms with Gasteiger partial charge in [-0.1, -0.05) is 116 Å². The van der Waals surface area contributed by atoms with Gasteiger partial charge in [0.2, 0.25) is 0 Å². The normalized spacial score (nSPS) is 13.0. The molecule has 0 fully saturated rings. The standard InChI is InChI=1S/C45H46N3O2/c1-27(2)32-15-13-16-33(28(3)4)42(32)46-23-24-47(43-34(29(5)6)17-14-18-35(43)30(7)8)45(46)31-25-40-44-41(26-31)50-39-22-12-10-20-37(39)48(44)36-19-9-11-21-38(36)49-40/h9-30H,1-8H3/q+1. The minimum absolute atomic E-state index is 0.333. The van der Waals surface area contributed by atoms with Crippen LogP contribution in [-0.4, -0.2) is 4.57 Å². The Bertz CT molecular complexity index is 2050. The van der Waals surface area contributed by atoms with Gasteiger partial charge in [-0.2, -0.15) is 9.13 Å². The van der Waals surface area contributed by atoms with Gasteiger partial charge in [-0.3, -0.25) is 4.90 Å². The lowest BCUT2D eigenvalue weighted by Gasteiger charge is -2.37. The first-order chi connectivity index (χ1) is 24.1. The van der Waals surface area contributed by atoms with Gasteiger partial charge in [0.05, 0.1) is 16.9 Å². The summed E-state index contributed by atoms with van der Waals surface area (Å²) >= 11 is 0. The molecule has 0 N–H and O–H groups in total. The highest BCUT2D eigenvalue weighted by Gasteiger charge is 2.38. The Labute approximate surface area is 296 Å². The van der Waals surface area contributed by atoms with Crippen molar-refractivity contribution in [2.45, 2.75) is 79.1 Å². The molecule has 0 aliphatic carbocycles. The van der Waals surface area contributed by atoms with Crippen molar-refractivity contribution in [3.63, 3.8) is 0 Å². The molecule has 252 valence electrons. The molecule has 0 atom stereocenters. The maximum atomic E-state index is 6.78. The van der Waals surface area contributed by atoms with E-state index >= 15 is 0 Å². The molecule has 8 rings (SSSR count). The van der Waals surface area contributed by atoms with Gasteiger partial charge >= 0.3 is 0 Å².